The fourth-order valence-corrected chi connectivity index (χ4v) is 2.55. The maximum atomic E-state index is 5.44. The molecule has 0 amide bonds. The Morgan fingerprint density at radius 3 is 2.47 bits per heavy atom. The van der Waals surface area contributed by atoms with Crippen molar-refractivity contribution in [2.45, 2.75) is 12.3 Å². The lowest BCUT2D eigenvalue weighted by atomic mass is 9.98. The number of hydrogen-bond acceptors (Lipinski definition) is 3. The van der Waals surface area contributed by atoms with Gasteiger partial charge in [-0.25, -0.2) is 0 Å². The first-order valence-electron chi connectivity index (χ1n) is 5.64. The molecule has 0 bridgehead atoms. The van der Waals surface area contributed by atoms with E-state index in [2.05, 4.69) is 11.0 Å². The van der Waals surface area contributed by atoms with Gasteiger partial charge in [-0.15, -0.1) is 0 Å². The van der Waals surface area contributed by atoms with Crippen LogP contribution in [0.3, 0.4) is 0 Å². The Kier molecular flexibility index (Phi) is 3.52. The molecule has 0 radical (unpaired) electrons. The molecule has 0 saturated carbocycles. The van der Waals surface area contributed by atoms with Gasteiger partial charge in [0.1, 0.15) is 0 Å². The van der Waals surface area contributed by atoms with E-state index in [0.717, 1.165) is 29.5 Å². The van der Waals surface area contributed by atoms with Crippen LogP contribution < -0.4 is 9.47 Å². The van der Waals surface area contributed by atoms with Gasteiger partial charge in [-0.2, -0.15) is 0 Å². The summed E-state index contributed by atoms with van der Waals surface area (Å²) in [5.41, 5.74) is 1.21. The van der Waals surface area contributed by atoms with Gasteiger partial charge in [0, 0.05) is 19.5 Å². The predicted octanol–water partition coefficient (Wildman–Crippen LogP) is 2.45. The van der Waals surface area contributed by atoms with Crippen LogP contribution in [0.1, 0.15) is 17.9 Å². The van der Waals surface area contributed by atoms with Crippen molar-refractivity contribution in [2.24, 2.45) is 0 Å². The molecule has 1 fully saturated rings. The van der Waals surface area contributed by atoms with E-state index in [1.165, 1.54) is 5.56 Å². The molecule has 1 aromatic rings. The first-order valence-corrected chi connectivity index (χ1v) is 6.05. The maximum absolute atomic E-state index is 5.44. The van der Waals surface area contributed by atoms with Crippen molar-refractivity contribution in [3.63, 3.8) is 0 Å². The molecular weight excluding hydrogens is 234 g/mol. The van der Waals surface area contributed by atoms with Crippen LogP contribution in [0.25, 0.3) is 0 Å². The minimum Gasteiger partial charge on any atom is -0.493 e. The second kappa shape index (κ2) is 4.92. The number of benzene rings is 1. The van der Waals surface area contributed by atoms with Crippen LogP contribution in [0.15, 0.2) is 18.2 Å². The molecule has 0 aliphatic carbocycles. The lowest BCUT2D eigenvalue weighted by Gasteiger charge is -2.15. The van der Waals surface area contributed by atoms with E-state index >= 15 is 0 Å². The van der Waals surface area contributed by atoms with Gasteiger partial charge in [0.2, 0.25) is 0 Å². The summed E-state index contributed by atoms with van der Waals surface area (Å²) in [5.74, 6) is 1.85. The molecule has 92 valence electrons. The minimum atomic E-state index is 0.329. The number of rotatable bonds is 3. The smallest absolute Gasteiger partial charge is 0.161 e. The Hall–Kier alpha value is -1.29. The Bertz CT molecular complexity index is 433. The molecule has 4 heteroatoms. The van der Waals surface area contributed by atoms with E-state index in [0.29, 0.717) is 5.92 Å². The Balaban J connectivity index is 2.31. The van der Waals surface area contributed by atoms with Crippen molar-refractivity contribution in [3.8, 4) is 11.5 Å². The molecule has 1 aromatic carbocycles. The van der Waals surface area contributed by atoms with Gasteiger partial charge in [0.25, 0.3) is 0 Å². The highest BCUT2D eigenvalue weighted by Crippen LogP contribution is 2.35. The highest BCUT2D eigenvalue weighted by atomic mass is 32.1. The third kappa shape index (κ3) is 2.22. The van der Waals surface area contributed by atoms with Gasteiger partial charge >= 0.3 is 0 Å². The van der Waals surface area contributed by atoms with E-state index in [-0.39, 0.29) is 0 Å². The molecule has 1 atom stereocenters. The number of methoxy groups -OCH3 is 2. The number of nitrogens with zero attached hydrogens (tertiary/aromatic N) is 1. The van der Waals surface area contributed by atoms with Crippen LogP contribution in [0.4, 0.5) is 0 Å². The fraction of sp³-hybridized carbons (Fsp3) is 0.462. The van der Waals surface area contributed by atoms with Crippen molar-refractivity contribution < 1.29 is 9.47 Å². The third-order valence-electron chi connectivity index (χ3n) is 3.24. The number of ether oxygens (including phenoxy) is 2. The molecule has 0 spiro atoms. The second-order valence-corrected chi connectivity index (χ2v) is 4.63. The normalized spacial score (nSPS) is 19.6. The van der Waals surface area contributed by atoms with Gasteiger partial charge in [-0.05, 0) is 24.1 Å². The summed E-state index contributed by atoms with van der Waals surface area (Å²) < 4.78 is 10.6. The number of likely N-dealkylation sites (tertiary alicyclic amines) is 1. The van der Waals surface area contributed by atoms with Crippen LogP contribution in [-0.4, -0.2) is 37.7 Å². The standard InChI is InChI=1S/C13H17NO2S/c1-14-7-6-10(13(14)17)9-4-5-11(15-2)12(8-9)16-3/h4-5,8,10H,6-7H2,1-3H3. The largest absolute Gasteiger partial charge is 0.493 e. The highest BCUT2D eigenvalue weighted by molar-refractivity contribution is 7.80. The third-order valence-corrected chi connectivity index (χ3v) is 3.83. The molecule has 1 aliphatic heterocycles. The second-order valence-electron chi connectivity index (χ2n) is 4.22. The number of thiocarbonyl (C=S) groups is 1. The van der Waals surface area contributed by atoms with Gasteiger partial charge in [-0.1, -0.05) is 18.3 Å². The molecule has 0 N–H and O–H groups in total. The van der Waals surface area contributed by atoms with Crippen molar-refractivity contribution in [1.29, 1.82) is 0 Å². The average molecular weight is 251 g/mol. The summed E-state index contributed by atoms with van der Waals surface area (Å²) in [6.45, 7) is 1.03. The van der Waals surface area contributed by atoms with E-state index in [1.807, 2.05) is 19.2 Å². The monoisotopic (exact) mass is 251 g/mol. The molecule has 3 nitrogen and oxygen atoms in total. The van der Waals surface area contributed by atoms with Crippen molar-refractivity contribution in [3.05, 3.63) is 23.8 Å². The SMILES string of the molecule is COc1ccc(C2CCN(C)C2=S)cc1OC. The highest BCUT2D eigenvalue weighted by Gasteiger charge is 2.27. The lowest BCUT2D eigenvalue weighted by Crippen LogP contribution is -2.19. The van der Waals surface area contributed by atoms with Crippen LogP contribution in [-0.2, 0) is 0 Å². The van der Waals surface area contributed by atoms with Crippen LogP contribution in [0.5, 0.6) is 11.5 Å². The van der Waals surface area contributed by atoms with Crippen LogP contribution in [0, 0.1) is 0 Å². The van der Waals surface area contributed by atoms with Gasteiger partial charge in [0.15, 0.2) is 11.5 Å². The molecular formula is C13H17NO2S. The quantitative estimate of drug-likeness (QED) is 0.769. The van der Waals surface area contributed by atoms with E-state index in [4.69, 9.17) is 21.7 Å². The first-order chi connectivity index (χ1) is 8.17. The average Bonchev–Trinajstić information content (AvgIpc) is 2.69. The lowest BCUT2D eigenvalue weighted by molar-refractivity contribution is 0.354. The fourth-order valence-electron chi connectivity index (χ4n) is 2.20. The molecule has 1 saturated heterocycles. The summed E-state index contributed by atoms with van der Waals surface area (Å²) in [5, 5.41) is 0. The number of likely N-dealkylation sites (N-methyl/N-ethyl adjacent to an activating group) is 1. The summed E-state index contributed by atoms with van der Waals surface area (Å²) in [6, 6.07) is 6.03. The Morgan fingerprint density at radius 1 is 1.24 bits per heavy atom. The van der Waals surface area contributed by atoms with Crippen molar-refractivity contribution >= 4 is 17.2 Å². The zero-order chi connectivity index (χ0) is 12.4. The van der Waals surface area contributed by atoms with Gasteiger partial charge in [-0.3, -0.25) is 0 Å². The molecule has 2 rings (SSSR count). The molecule has 17 heavy (non-hydrogen) atoms. The van der Waals surface area contributed by atoms with E-state index < -0.39 is 0 Å². The summed E-state index contributed by atoms with van der Waals surface area (Å²) in [7, 11) is 5.34. The zero-order valence-electron chi connectivity index (χ0n) is 10.4. The van der Waals surface area contributed by atoms with Crippen molar-refractivity contribution in [2.75, 3.05) is 27.8 Å². The summed E-state index contributed by atoms with van der Waals surface area (Å²) >= 11 is 5.44. The number of hydrogen-bond donors (Lipinski definition) is 0. The molecule has 1 aliphatic rings. The summed E-state index contributed by atoms with van der Waals surface area (Å²) in [4.78, 5) is 3.15. The van der Waals surface area contributed by atoms with E-state index in [1.54, 1.807) is 14.2 Å². The van der Waals surface area contributed by atoms with Crippen LogP contribution >= 0.6 is 12.2 Å². The maximum Gasteiger partial charge on any atom is 0.161 e. The molecule has 1 heterocycles. The molecule has 1 unspecified atom stereocenters. The first kappa shape index (κ1) is 12.2. The van der Waals surface area contributed by atoms with Crippen molar-refractivity contribution in [1.82, 2.24) is 4.90 Å². The van der Waals surface area contributed by atoms with Crippen LogP contribution in [0.2, 0.25) is 0 Å². The Labute approximate surface area is 107 Å². The van der Waals surface area contributed by atoms with Gasteiger partial charge < -0.3 is 14.4 Å². The summed E-state index contributed by atoms with van der Waals surface area (Å²) in [6.07, 6.45) is 1.07. The van der Waals surface area contributed by atoms with E-state index in [9.17, 15) is 0 Å². The zero-order valence-corrected chi connectivity index (χ0v) is 11.2. The molecule has 0 aromatic heterocycles. The Morgan fingerprint density at radius 2 is 1.94 bits per heavy atom. The topological polar surface area (TPSA) is 21.7 Å². The predicted molar refractivity (Wildman–Crippen MR) is 72.1 cm³/mol. The van der Waals surface area contributed by atoms with Gasteiger partial charge in [0.05, 0.1) is 19.2 Å². The minimum absolute atomic E-state index is 0.329.